The van der Waals surface area contributed by atoms with Gasteiger partial charge in [0.05, 0.1) is 6.61 Å². The van der Waals surface area contributed by atoms with Gasteiger partial charge in [-0.05, 0) is 29.9 Å². The van der Waals surface area contributed by atoms with Crippen LogP contribution >= 0.6 is 11.8 Å². The van der Waals surface area contributed by atoms with E-state index in [1.165, 1.54) is 11.8 Å². The molecule has 1 rings (SSSR count). The van der Waals surface area contributed by atoms with E-state index in [1.807, 2.05) is 13.2 Å². The smallest absolute Gasteiger partial charge is 0.139 e. The second-order valence-corrected chi connectivity index (χ2v) is 3.63. The van der Waals surface area contributed by atoms with Crippen LogP contribution in [-0.2, 0) is 13.0 Å². The van der Waals surface area contributed by atoms with E-state index in [2.05, 4.69) is 0 Å². The summed E-state index contributed by atoms with van der Waals surface area (Å²) in [5.41, 5.74) is 1.46. The van der Waals surface area contributed by atoms with Crippen molar-refractivity contribution >= 4 is 11.8 Å². The molecule has 1 aromatic carbocycles. The number of thioether (sulfide) groups is 1. The Kier molecular flexibility index (Phi) is 3.75. The molecule has 0 atom stereocenters. The minimum absolute atomic E-state index is 0.0269. The fraction of sp³-hybridized carbons (Fsp3) is 0.400. The molecule has 0 saturated heterocycles. The molecule has 1 aromatic rings. The molecule has 0 fully saturated rings. The van der Waals surface area contributed by atoms with Gasteiger partial charge < -0.3 is 5.11 Å². The Hall–Kier alpha value is -0.540. The molecular weight excluding hydrogens is 187 g/mol. The second-order valence-electron chi connectivity index (χ2n) is 2.78. The van der Waals surface area contributed by atoms with Gasteiger partial charge in [-0.1, -0.05) is 13.0 Å². The van der Waals surface area contributed by atoms with Gasteiger partial charge in [-0.2, -0.15) is 0 Å². The second kappa shape index (κ2) is 4.63. The standard InChI is InChI=1S/C10H13FOS/c1-3-8-4-7(6-12)5-9(13-2)10(8)11/h4-5,12H,3,6H2,1-2H3. The van der Waals surface area contributed by atoms with E-state index >= 15 is 0 Å². The summed E-state index contributed by atoms with van der Waals surface area (Å²) in [4.78, 5) is 0.614. The fourth-order valence-electron chi connectivity index (χ4n) is 1.22. The van der Waals surface area contributed by atoms with Crippen LogP contribution in [0.25, 0.3) is 0 Å². The van der Waals surface area contributed by atoms with Gasteiger partial charge in [-0.3, -0.25) is 0 Å². The first kappa shape index (κ1) is 10.5. The monoisotopic (exact) mass is 200 g/mol. The fourth-order valence-corrected chi connectivity index (χ4v) is 1.80. The molecule has 0 radical (unpaired) electrons. The Morgan fingerprint density at radius 1 is 1.46 bits per heavy atom. The lowest BCUT2D eigenvalue weighted by atomic mass is 10.1. The van der Waals surface area contributed by atoms with Crippen molar-refractivity contribution < 1.29 is 9.50 Å². The molecule has 0 aliphatic carbocycles. The predicted octanol–water partition coefficient (Wildman–Crippen LogP) is 2.60. The summed E-state index contributed by atoms with van der Waals surface area (Å²) in [5, 5.41) is 8.94. The van der Waals surface area contributed by atoms with Crippen LogP contribution in [0.3, 0.4) is 0 Å². The number of rotatable bonds is 3. The zero-order valence-corrected chi connectivity index (χ0v) is 8.62. The summed E-state index contributed by atoms with van der Waals surface area (Å²) >= 11 is 1.37. The third-order valence-electron chi connectivity index (χ3n) is 1.96. The molecular formula is C10H13FOS. The molecule has 0 aromatic heterocycles. The van der Waals surface area contributed by atoms with Gasteiger partial charge in [0.25, 0.3) is 0 Å². The normalized spacial score (nSPS) is 10.5. The van der Waals surface area contributed by atoms with Gasteiger partial charge in [0.1, 0.15) is 5.82 Å². The van der Waals surface area contributed by atoms with Gasteiger partial charge >= 0.3 is 0 Å². The lowest BCUT2D eigenvalue weighted by Crippen LogP contribution is -1.94. The Labute approximate surface area is 82.0 Å². The van der Waals surface area contributed by atoms with Crippen molar-refractivity contribution in [1.82, 2.24) is 0 Å². The minimum atomic E-state index is -0.146. The number of hydrogen-bond donors (Lipinski definition) is 1. The third kappa shape index (κ3) is 2.23. The highest BCUT2D eigenvalue weighted by Crippen LogP contribution is 2.24. The van der Waals surface area contributed by atoms with Crippen LogP contribution in [0.2, 0.25) is 0 Å². The van der Waals surface area contributed by atoms with Crippen molar-refractivity contribution in [3.8, 4) is 0 Å². The first-order valence-corrected chi connectivity index (χ1v) is 5.41. The summed E-state index contributed by atoms with van der Waals surface area (Å²) in [7, 11) is 0. The average Bonchev–Trinajstić information content (AvgIpc) is 2.18. The van der Waals surface area contributed by atoms with E-state index in [-0.39, 0.29) is 12.4 Å². The number of halogens is 1. The topological polar surface area (TPSA) is 20.2 Å². The number of aryl methyl sites for hydroxylation is 1. The lowest BCUT2D eigenvalue weighted by molar-refractivity contribution is 0.281. The number of benzene rings is 1. The van der Waals surface area contributed by atoms with Gasteiger partial charge in [0.15, 0.2) is 0 Å². The van der Waals surface area contributed by atoms with Crippen molar-refractivity contribution in [3.63, 3.8) is 0 Å². The predicted molar refractivity (Wildman–Crippen MR) is 53.5 cm³/mol. The van der Waals surface area contributed by atoms with Crippen molar-refractivity contribution in [1.29, 1.82) is 0 Å². The summed E-state index contributed by atoms with van der Waals surface area (Å²) in [6.07, 6.45) is 2.49. The quantitative estimate of drug-likeness (QED) is 0.757. The van der Waals surface area contributed by atoms with Crippen LogP contribution in [-0.4, -0.2) is 11.4 Å². The van der Waals surface area contributed by atoms with E-state index in [0.717, 1.165) is 5.56 Å². The Morgan fingerprint density at radius 2 is 2.15 bits per heavy atom. The van der Waals surface area contributed by atoms with Crippen LogP contribution in [0, 0.1) is 5.82 Å². The molecule has 0 unspecified atom stereocenters. The van der Waals surface area contributed by atoms with E-state index in [4.69, 9.17) is 5.11 Å². The maximum Gasteiger partial charge on any atom is 0.139 e. The molecule has 1 nitrogen and oxygen atoms in total. The number of aliphatic hydroxyl groups excluding tert-OH is 1. The van der Waals surface area contributed by atoms with E-state index in [0.29, 0.717) is 16.9 Å². The summed E-state index contributed by atoms with van der Waals surface area (Å²) in [6.45, 7) is 1.88. The van der Waals surface area contributed by atoms with Crippen LogP contribution in [0.1, 0.15) is 18.1 Å². The number of aliphatic hydroxyl groups is 1. The van der Waals surface area contributed by atoms with Gasteiger partial charge in [0, 0.05) is 4.90 Å². The maximum atomic E-state index is 13.5. The molecule has 0 aliphatic heterocycles. The molecule has 3 heteroatoms. The highest BCUT2D eigenvalue weighted by atomic mass is 32.2. The average molecular weight is 200 g/mol. The summed E-state index contributed by atoms with van der Waals surface area (Å²) in [5.74, 6) is -0.146. The summed E-state index contributed by atoms with van der Waals surface area (Å²) < 4.78 is 13.5. The first-order valence-electron chi connectivity index (χ1n) is 4.19. The molecule has 0 saturated carbocycles. The highest BCUT2D eigenvalue weighted by Gasteiger charge is 2.08. The lowest BCUT2D eigenvalue weighted by Gasteiger charge is -2.07. The minimum Gasteiger partial charge on any atom is -0.392 e. The van der Waals surface area contributed by atoms with Crippen molar-refractivity contribution in [2.45, 2.75) is 24.8 Å². The molecule has 1 N–H and O–H groups in total. The van der Waals surface area contributed by atoms with Crippen molar-refractivity contribution in [2.75, 3.05) is 6.26 Å². The molecule has 0 spiro atoms. The molecule has 72 valence electrons. The molecule has 0 aliphatic rings. The van der Waals surface area contributed by atoms with E-state index < -0.39 is 0 Å². The number of hydrogen-bond acceptors (Lipinski definition) is 2. The van der Waals surface area contributed by atoms with Crippen LogP contribution in [0.5, 0.6) is 0 Å². The molecule has 0 bridgehead atoms. The van der Waals surface area contributed by atoms with Crippen LogP contribution in [0.4, 0.5) is 4.39 Å². The molecule has 0 amide bonds. The zero-order chi connectivity index (χ0) is 9.84. The zero-order valence-electron chi connectivity index (χ0n) is 7.80. The van der Waals surface area contributed by atoms with E-state index in [9.17, 15) is 4.39 Å². The third-order valence-corrected chi connectivity index (χ3v) is 2.69. The maximum absolute atomic E-state index is 13.5. The first-order chi connectivity index (χ1) is 6.22. The summed E-state index contributed by atoms with van der Waals surface area (Å²) in [6, 6.07) is 3.41. The van der Waals surface area contributed by atoms with Gasteiger partial charge in [-0.25, -0.2) is 4.39 Å². The Balaban J connectivity index is 3.20. The van der Waals surface area contributed by atoms with Crippen LogP contribution < -0.4 is 0 Å². The largest absolute Gasteiger partial charge is 0.392 e. The van der Waals surface area contributed by atoms with Gasteiger partial charge in [-0.15, -0.1) is 11.8 Å². The Morgan fingerprint density at radius 3 is 2.62 bits per heavy atom. The van der Waals surface area contributed by atoms with Crippen molar-refractivity contribution in [3.05, 3.63) is 29.1 Å². The molecule has 0 heterocycles. The van der Waals surface area contributed by atoms with Gasteiger partial charge in [0.2, 0.25) is 0 Å². The van der Waals surface area contributed by atoms with Crippen molar-refractivity contribution in [2.24, 2.45) is 0 Å². The molecule has 13 heavy (non-hydrogen) atoms. The highest BCUT2D eigenvalue weighted by molar-refractivity contribution is 7.98. The Bertz CT molecular complexity index is 274. The van der Waals surface area contributed by atoms with Crippen LogP contribution in [0.15, 0.2) is 17.0 Å². The van der Waals surface area contributed by atoms with E-state index in [1.54, 1.807) is 12.1 Å². The SMILES string of the molecule is CCc1cc(CO)cc(SC)c1F.